The van der Waals surface area contributed by atoms with E-state index in [2.05, 4.69) is 48.5 Å². The van der Waals surface area contributed by atoms with Gasteiger partial charge in [-0.2, -0.15) is 0 Å². The van der Waals surface area contributed by atoms with Crippen LogP contribution in [0.4, 0.5) is 5.69 Å². The zero-order chi connectivity index (χ0) is 25.5. The van der Waals surface area contributed by atoms with E-state index in [9.17, 15) is 4.79 Å². The first-order valence-corrected chi connectivity index (χ1v) is 12.7. The molecule has 186 valence electrons. The summed E-state index contributed by atoms with van der Waals surface area (Å²) in [6, 6.07) is 20.8. The molecule has 0 saturated heterocycles. The standard InChI is InChI=1S/C29H31N3O3S/c1-4-6-17-34-24-14-9-20(10-15-24)27(33)32-29(36)30-23-12-7-21(8-13-23)28-31-25-18-22(19(3)5-2)11-16-26(25)35-28/h7-16,18-19H,4-6,17H2,1-3H3,(H2,30,32,33,36)/t19-/m0/s1. The van der Waals surface area contributed by atoms with E-state index < -0.39 is 0 Å². The van der Waals surface area contributed by atoms with Crippen molar-refractivity contribution in [3.8, 4) is 17.2 Å². The Morgan fingerprint density at radius 1 is 1.06 bits per heavy atom. The summed E-state index contributed by atoms with van der Waals surface area (Å²) in [5.41, 5.74) is 5.00. The van der Waals surface area contributed by atoms with E-state index in [4.69, 9.17) is 21.4 Å². The number of amides is 1. The van der Waals surface area contributed by atoms with E-state index in [1.54, 1.807) is 24.3 Å². The maximum Gasteiger partial charge on any atom is 0.257 e. The lowest BCUT2D eigenvalue weighted by Crippen LogP contribution is -2.34. The van der Waals surface area contributed by atoms with Crippen LogP contribution < -0.4 is 15.4 Å². The second-order valence-corrected chi connectivity index (χ2v) is 9.18. The maximum absolute atomic E-state index is 12.5. The second-order valence-electron chi connectivity index (χ2n) is 8.77. The fraction of sp³-hybridized carbons (Fsp3) is 0.276. The van der Waals surface area contributed by atoms with Crippen molar-refractivity contribution in [2.45, 2.75) is 46.0 Å². The van der Waals surface area contributed by atoms with Crippen LogP contribution in [0.25, 0.3) is 22.6 Å². The van der Waals surface area contributed by atoms with Crippen molar-refractivity contribution in [1.29, 1.82) is 0 Å². The molecule has 1 heterocycles. The predicted octanol–water partition coefficient (Wildman–Crippen LogP) is 7.31. The van der Waals surface area contributed by atoms with Crippen molar-refractivity contribution >= 4 is 40.0 Å². The van der Waals surface area contributed by atoms with Crippen LogP contribution in [-0.2, 0) is 0 Å². The number of unbranched alkanes of at least 4 members (excludes halogenated alkanes) is 1. The van der Waals surface area contributed by atoms with Gasteiger partial charge in [-0.15, -0.1) is 0 Å². The van der Waals surface area contributed by atoms with Crippen molar-refractivity contribution in [3.05, 3.63) is 77.9 Å². The quantitative estimate of drug-likeness (QED) is 0.185. The minimum Gasteiger partial charge on any atom is -0.494 e. The number of ether oxygens (including phenoxy) is 1. The number of anilines is 1. The van der Waals surface area contributed by atoms with Crippen molar-refractivity contribution in [3.63, 3.8) is 0 Å². The molecule has 7 heteroatoms. The average molecular weight is 502 g/mol. The number of carbonyl (C=O) groups is 1. The monoisotopic (exact) mass is 501 g/mol. The van der Waals surface area contributed by atoms with Gasteiger partial charge >= 0.3 is 0 Å². The molecule has 3 aromatic carbocycles. The third-order valence-electron chi connectivity index (χ3n) is 6.09. The first-order valence-electron chi connectivity index (χ1n) is 12.3. The lowest BCUT2D eigenvalue weighted by Gasteiger charge is -2.10. The Balaban J connectivity index is 1.35. The largest absolute Gasteiger partial charge is 0.494 e. The number of oxazole rings is 1. The molecule has 6 nitrogen and oxygen atoms in total. The number of fused-ring (bicyclic) bond motifs is 1. The number of hydrogen-bond donors (Lipinski definition) is 2. The molecule has 0 unspecified atom stereocenters. The van der Waals surface area contributed by atoms with Gasteiger partial charge in [-0.05, 0) is 97.2 Å². The molecule has 1 atom stereocenters. The summed E-state index contributed by atoms with van der Waals surface area (Å²) in [4.78, 5) is 17.2. The molecule has 0 aliphatic carbocycles. The average Bonchev–Trinajstić information content (AvgIpc) is 3.32. The highest BCUT2D eigenvalue weighted by Gasteiger charge is 2.12. The Morgan fingerprint density at radius 3 is 2.50 bits per heavy atom. The van der Waals surface area contributed by atoms with E-state index >= 15 is 0 Å². The Morgan fingerprint density at radius 2 is 1.81 bits per heavy atom. The Bertz CT molecular complexity index is 1330. The Labute approximate surface area is 217 Å². The van der Waals surface area contributed by atoms with Crippen LogP contribution in [0.3, 0.4) is 0 Å². The third kappa shape index (κ3) is 6.29. The zero-order valence-corrected chi connectivity index (χ0v) is 21.7. The molecule has 0 saturated carbocycles. The van der Waals surface area contributed by atoms with Gasteiger partial charge in [-0.3, -0.25) is 10.1 Å². The smallest absolute Gasteiger partial charge is 0.257 e. The van der Waals surface area contributed by atoms with Crippen LogP contribution in [0.2, 0.25) is 0 Å². The number of hydrogen-bond acceptors (Lipinski definition) is 5. The summed E-state index contributed by atoms with van der Waals surface area (Å²) in [6.07, 6.45) is 3.15. The highest BCUT2D eigenvalue weighted by molar-refractivity contribution is 7.80. The van der Waals surface area contributed by atoms with E-state index in [1.165, 1.54) is 5.56 Å². The lowest BCUT2D eigenvalue weighted by molar-refractivity contribution is 0.0977. The van der Waals surface area contributed by atoms with Crippen molar-refractivity contribution < 1.29 is 13.9 Å². The van der Waals surface area contributed by atoms with Crippen LogP contribution in [0.15, 0.2) is 71.1 Å². The van der Waals surface area contributed by atoms with E-state index in [0.29, 0.717) is 24.0 Å². The molecule has 4 rings (SSSR count). The molecule has 0 fully saturated rings. The van der Waals surface area contributed by atoms with Gasteiger partial charge in [0.15, 0.2) is 10.7 Å². The number of thiocarbonyl (C=S) groups is 1. The van der Waals surface area contributed by atoms with Gasteiger partial charge < -0.3 is 14.5 Å². The molecular weight excluding hydrogens is 470 g/mol. The van der Waals surface area contributed by atoms with E-state index in [1.807, 2.05) is 30.3 Å². The highest BCUT2D eigenvalue weighted by Crippen LogP contribution is 2.28. The first kappa shape index (κ1) is 25.4. The minimum atomic E-state index is -0.285. The SMILES string of the molecule is CCCCOc1ccc(C(=O)NC(=S)Nc2ccc(-c3nc4cc([C@@H](C)CC)ccc4o3)cc2)cc1. The van der Waals surface area contributed by atoms with Gasteiger partial charge in [-0.1, -0.05) is 33.3 Å². The molecule has 0 aliphatic rings. The zero-order valence-electron chi connectivity index (χ0n) is 20.8. The van der Waals surface area contributed by atoms with Crippen LogP contribution >= 0.6 is 12.2 Å². The molecule has 0 radical (unpaired) electrons. The topological polar surface area (TPSA) is 76.4 Å². The summed E-state index contributed by atoms with van der Waals surface area (Å²) >= 11 is 5.32. The summed E-state index contributed by atoms with van der Waals surface area (Å²) < 4.78 is 11.6. The lowest BCUT2D eigenvalue weighted by atomic mass is 9.98. The van der Waals surface area contributed by atoms with Crippen LogP contribution in [0.1, 0.15) is 61.9 Å². The number of benzene rings is 3. The van der Waals surface area contributed by atoms with Gasteiger partial charge in [-0.25, -0.2) is 4.98 Å². The number of rotatable bonds is 9. The molecule has 4 aromatic rings. The molecule has 2 N–H and O–H groups in total. The van der Waals surface area contributed by atoms with Crippen molar-refractivity contribution in [1.82, 2.24) is 10.3 Å². The third-order valence-corrected chi connectivity index (χ3v) is 6.30. The maximum atomic E-state index is 12.5. The van der Waals surface area contributed by atoms with Crippen molar-refractivity contribution in [2.75, 3.05) is 11.9 Å². The summed E-state index contributed by atoms with van der Waals surface area (Å²) in [7, 11) is 0. The van der Waals surface area contributed by atoms with Gasteiger partial charge in [0.25, 0.3) is 5.91 Å². The predicted molar refractivity (Wildman–Crippen MR) is 149 cm³/mol. The van der Waals surface area contributed by atoms with Crippen LogP contribution in [-0.4, -0.2) is 22.6 Å². The minimum absolute atomic E-state index is 0.218. The van der Waals surface area contributed by atoms with Gasteiger partial charge in [0, 0.05) is 16.8 Å². The highest BCUT2D eigenvalue weighted by atomic mass is 32.1. The first-order chi connectivity index (χ1) is 17.5. The molecule has 0 aliphatic heterocycles. The number of aromatic nitrogens is 1. The molecule has 0 spiro atoms. The molecule has 36 heavy (non-hydrogen) atoms. The van der Waals surface area contributed by atoms with Gasteiger partial charge in [0.05, 0.1) is 6.61 Å². The van der Waals surface area contributed by atoms with E-state index in [-0.39, 0.29) is 11.0 Å². The van der Waals surface area contributed by atoms with E-state index in [0.717, 1.165) is 47.4 Å². The molecule has 0 bridgehead atoms. The fourth-order valence-electron chi connectivity index (χ4n) is 3.68. The van der Waals surface area contributed by atoms with Crippen LogP contribution in [0, 0.1) is 0 Å². The van der Waals surface area contributed by atoms with Crippen molar-refractivity contribution in [2.24, 2.45) is 0 Å². The second kappa shape index (κ2) is 11.8. The Hall–Kier alpha value is -3.71. The number of nitrogens with zero attached hydrogens (tertiary/aromatic N) is 1. The summed E-state index contributed by atoms with van der Waals surface area (Å²) in [5.74, 6) is 1.51. The number of nitrogens with one attached hydrogen (secondary N) is 2. The molecule has 1 amide bonds. The summed E-state index contributed by atoms with van der Waals surface area (Å²) in [5, 5.41) is 5.97. The fourth-order valence-corrected chi connectivity index (χ4v) is 3.89. The number of carbonyl (C=O) groups excluding carboxylic acids is 1. The Kier molecular flexibility index (Phi) is 8.33. The molecular formula is C29H31N3O3S. The normalized spacial score (nSPS) is 11.8. The van der Waals surface area contributed by atoms with Crippen LogP contribution in [0.5, 0.6) is 5.75 Å². The molecule has 1 aromatic heterocycles. The van der Waals surface area contributed by atoms with Gasteiger partial charge in [0.2, 0.25) is 5.89 Å². The summed E-state index contributed by atoms with van der Waals surface area (Å²) in [6.45, 7) is 7.17. The van der Waals surface area contributed by atoms with Gasteiger partial charge in [0.1, 0.15) is 11.3 Å².